The second-order valence-electron chi connectivity index (χ2n) is 5.69. The molecule has 3 N–H and O–H groups in total. The lowest BCUT2D eigenvalue weighted by Crippen LogP contribution is -2.34. The van der Waals surface area contributed by atoms with Gasteiger partial charge < -0.3 is 20.3 Å². The van der Waals surface area contributed by atoms with E-state index < -0.39 is 6.10 Å². The minimum atomic E-state index is -0.397. The molecule has 1 aromatic carbocycles. The lowest BCUT2D eigenvalue weighted by molar-refractivity contribution is 0.0927. The number of benzene rings is 1. The predicted molar refractivity (Wildman–Crippen MR) is 97.5 cm³/mol. The minimum absolute atomic E-state index is 0. The molecule has 24 heavy (non-hydrogen) atoms. The highest BCUT2D eigenvalue weighted by molar-refractivity contribution is 5.98. The molecule has 2 heterocycles. The molecular weight excluding hydrogens is 351 g/mol. The number of amides is 1. The van der Waals surface area contributed by atoms with Gasteiger partial charge in [-0.25, -0.2) is 4.98 Å². The number of aryl methyl sites for hydroxylation is 1. The topological polar surface area (TPSA) is 79.2 Å². The largest absolute Gasteiger partial charge is 0.391 e. The Morgan fingerprint density at radius 1 is 1.42 bits per heavy atom. The molecule has 6 nitrogen and oxygen atoms in total. The molecule has 2 aromatic rings. The van der Waals surface area contributed by atoms with Crippen molar-refractivity contribution < 1.29 is 9.90 Å². The Balaban J connectivity index is 0.00000144. The number of nitrogens with zero attached hydrogens (tertiary/aromatic N) is 2. The summed E-state index contributed by atoms with van der Waals surface area (Å²) in [5, 5.41) is 15.8. The highest BCUT2D eigenvalue weighted by atomic mass is 35.5. The molecule has 1 fully saturated rings. The maximum absolute atomic E-state index is 12.5. The fourth-order valence-electron chi connectivity index (χ4n) is 2.71. The van der Waals surface area contributed by atoms with Crippen molar-refractivity contribution in [1.29, 1.82) is 0 Å². The Hall–Kier alpha value is -1.60. The number of imidazole rings is 1. The van der Waals surface area contributed by atoms with Crippen molar-refractivity contribution >= 4 is 30.7 Å². The Labute approximate surface area is 153 Å². The zero-order valence-corrected chi connectivity index (χ0v) is 14.9. The molecule has 132 valence electrons. The first-order valence-electron chi connectivity index (χ1n) is 7.41. The summed E-state index contributed by atoms with van der Waals surface area (Å²) in [5.41, 5.74) is 2.43. The molecule has 1 aliphatic heterocycles. The van der Waals surface area contributed by atoms with Crippen LogP contribution in [0.15, 0.2) is 36.9 Å². The number of aliphatic hydroxyl groups excluding tert-OH is 1. The van der Waals surface area contributed by atoms with Crippen LogP contribution < -0.4 is 10.6 Å². The third-order valence-electron chi connectivity index (χ3n) is 4.01. The zero-order chi connectivity index (χ0) is 15.5. The summed E-state index contributed by atoms with van der Waals surface area (Å²) >= 11 is 0. The van der Waals surface area contributed by atoms with E-state index in [0.717, 1.165) is 17.8 Å². The number of hydrogen-bond acceptors (Lipinski definition) is 4. The summed E-state index contributed by atoms with van der Waals surface area (Å²) < 4.78 is 1.82. The van der Waals surface area contributed by atoms with Crippen LogP contribution in [0, 0.1) is 12.8 Å². The predicted octanol–water partition coefficient (Wildman–Crippen LogP) is 1.33. The fraction of sp³-hybridized carbons (Fsp3) is 0.375. The summed E-state index contributed by atoms with van der Waals surface area (Å²) in [7, 11) is 0. The quantitative estimate of drug-likeness (QED) is 0.756. The summed E-state index contributed by atoms with van der Waals surface area (Å²) in [4.78, 5) is 16.6. The Kier molecular flexibility index (Phi) is 7.69. The summed E-state index contributed by atoms with van der Waals surface area (Å²) in [6, 6.07) is 5.75. The first-order chi connectivity index (χ1) is 10.6. The van der Waals surface area contributed by atoms with Crippen molar-refractivity contribution in [3.05, 3.63) is 48.0 Å². The molecule has 2 atom stereocenters. The molecule has 1 amide bonds. The molecule has 8 heteroatoms. The number of aromatic nitrogens is 2. The van der Waals surface area contributed by atoms with Crippen LogP contribution in [0.25, 0.3) is 5.69 Å². The van der Waals surface area contributed by atoms with E-state index in [1.807, 2.05) is 35.9 Å². The maximum atomic E-state index is 12.5. The number of carbonyl (C=O) groups is 1. The minimum Gasteiger partial charge on any atom is -0.391 e. The SMILES string of the molecule is Cc1ccc(-n2ccnc2)c(C(=O)NCC2CNCC2O)c1.Cl.Cl. The molecule has 0 radical (unpaired) electrons. The van der Waals surface area contributed by atoms with Crippen LogP contribution in [0.2, 0.25) is 0 Å². The third kappa shape index (κ3) is 4.48. The average molecular weight is 373 g/mol. The highest BCUT2D eigenvalue weighted by Crippen LogP contribution is 2.17. The van der Waals surface area contributed by atoms with Crippen LogP contribution in [0.4, 0.5) is 0 Å². The van der Waals surface area contributed by atoms with E-state index in [2.05, 4.69) is 15.6 Å². The number of carbonyl (C=O) groups excluding carboxylic acids is 1. The van der Waals surface area contributed by atoms with Gasteiger partial charge in [-0.3, -0.25) is 4.79 Å². The number of rotatable bonds is 4. The van der Waals surface area contributed by atoms with E-state index in [9.17, 15) is 9.90 Å². The summed E-state index contributed by atoms with van der Waals surface area (Å²) in [6.07, 6.45) is 4.77. The molecule has 0 spiro atoms. The van der Waals surface area contributed by atoms with Gasteiger partial charge in [0.1, 0.15) is 0 Å². The maximum Gasteiger partial charge on any atom is 0.253 e. The van der Waals surface area contributed by atoms with Gasteiger partial charge in [0.05, 0.1) is 23.7 Å². The Morgan fingerprint density at radius 2 is 2.21 bits per heavy atom. The molecule has 0 saturated carbocycles. The monoisotopic (exact) mass is 372 g/mol. The normalized spacial score (nSPS) is 19.2. The lowest BCUT2D eigenvalue weighted by Gasteiger charge is -2.16. The second kappa shape index (κ2) is 9.03. The number of aliphatic hydroxyl groups is 1. The Morgan fingerprint density at radius 3 is 2.83 bits per heavy atom. The highest BCUT2D eigenvalue weighted by Gasteiger charge is 2.25. The van der Waals surface area contributed by atoms with Crippen LogP contribution >= 0.6 is 24.8 Å². The van der Waals surface area contributed by atoms with Crippen molar-refractivity contribution in [2.75, 3.05) is 19.6 Å². The lowest BCUT2D eigenvalue weighted by atomic mass is 10.1. The zero-order valence-electron chi connectivity index (χ0n) is 13.3. The molecule has 0 aliphatic carbocycles. The fourth-order valence-corrected chi connectivity index (χ4v) is 2.71. The molecule has 1 aromatic heterocycles. The van der Waals surface area contributed by atoms with Gasteiger partial charge in [-0.15, -0.1) is 24.8 Å². The van der Waals surface area contributed by atoms with E-state index in [-0.39, 0.29) is 36.6 Å². The molecule has 0 bridgehead atoms. The van der Waals surface area contributed by atoms with Crippen LogP contribution in [0.1, 0.15) is 15.9 Å². The Bertz CT molecular complexity index is 664. The van der Waals surface area contributed by atoms with Crippen LogP contribution in [0.5, 0.6) is 0 Å². The van der Waals surface area contributed by atoms with Gasteiger partial charge in [0.15, 0.2) is 0 Å². The van der Waals surface area contributed by atoms with Crippen LogP contribution in [0.3, 0.4) is 0 Å². The molecular formula is C16H22Cl2N4O2. The standard InChI is InChI=1S/C16H20N4O2.2ClH/c1-11-2-3-14(20-5-4-17-10-20)13(6-11)16(22)19-8-12-7-18-9-15(12)21;;/h2-6,10,12,15,18,21H,7-9H2,1H3,(H,19,22);2*1H. The first kappa shape index (κ1) is 20.4. The molecule has 3 rings (SSSR count). The first-order valence-corrected chi connectivity index (χ1v) is 7.41. The summed E-state index contributed by atoms with van der Waals surface area (Å²) in [6.45, 7) is 3.73. The van der Waals surface area contributed by atoms with Crippen LogP contribution in [-0.4, -0.2) is 46.3 Å². The van der Waals surface area contributed by atoms with E-state index in [0.29, 0.717) is 18.7 Å². The van der Waals surface area contributed by atoms with Crippen molar-refractivity contribution in [1.82, 2.24) is 20.2 Å². The van der Waals surface area contributed by atoms with Gasteiger partial charge in [0.25, 0.3) is 5.91 Å². The van der Waals surface area contributed by atoms with Crippen molar-refractivity contribution in [2.24, 2.45) is 5.92 Å². The van der Waals surface area contributed by atoms with E-state index >= 15 is 0 Å². The van der Waals surface area contributed by atoms with Crippen molar-refractivity contribution in [3.63, 3.8) is 0 Å². The van der Waals surface area contributed by atoms with Crippen molar-refractivity contribution in [3.8, 4) is 5.69 Å². The van der Waals surface area contributed by atoms with Gasteiger partial charge >= 0.3 is 0 Å². The van der Waals surface area contributed by atoms with E-state index in [1.165, 1.54) is 0 Å². The smallest absolute Gasteiger partial charge is 0.253 e. The average Bonchev–Trinajstić information content (AvgIpc) is 3.16. The van der Waals surface area contributed by atoms with E-state index in [4.69, 9.17) is 0 Å². The summed E-state index contributed by atoms with van der Waals surface area (Å²) in [5.74, 6) is -0.0723. The van der Waals surface area contributed by atoms with Gasteiger partial charge in [0.2, 0.25) is 0 Å². The number of nitrogens with one attached hydrogen (secondary N) is 2. The van der Waals surface area contributed by atoms with Gasteiger partial charge in [-0.2, -0.15) is 0 Å². The van der Waals surface area contributed by atoms with Crippen LogP contribution in [-0.2, 0) is 0 Å². The number of β-amino-alcohol motifs (C(OH)–C–C–N with tert-alkyl or cyclic N) is 1. The van der Waals surface area contributed by atoms with Crippen molar-refractivity contribution in [2.45, 2.75) is 13.0 Å². The van der Waals surface area contributed by atoms with Gasteiger partial charge in [0, 0.05) is 37.9 Å². The molecule has 1 aliphatic rings. The van der Waals surface area contributed by atoms with Gasteiger partial charge in [-0.05, 0) is 19.1 Å². The third-order valence-corrected chi connectivity index (χ3v) is 4.01. The molecule has 2 unspecified atom stereocenters. The van der Waals surface area contributed by atoms with Gasteiger partial charge in [-0.1, -0.05) is 11.6 Å². The van der Waals surface area contributed by atoms with E-state index in [1.54, 1.807) is 12.5 Å². The second-order valence-corrected chi connectivity index (χ2v) is 5.69. The molecule has 1 saturated heterocycles. The number of halogens is 2. The number of hydrogen-bond donors (Lipinski definition) is 3.